The van der Waals surface area contributed by atoms with E-state index >= 15 is 0 Å². The number of anilines is 1. The summed E-state index contributed by atoms with van der Waals surface area (Å²) in [7, 11) is 0. The van der Waals surface area contributed by atoms with Crippen LogP contribution < -0.4 is 5.32 Å². The molecule has 0 spiro atoms. The van der Waals surface area contributed by atoms with Crippen LogP contribution in [0.25, 0.3) is 21.0 Å². The van der Waals surface area contributed by atoms with Crippen LogP contribution in [-0.4, -0.2) is 27.1 Å². The summed E-state index contributed by atoms with van der Waals surface area (Å²) in [6.45, 7) is 0. The summed E-state index contributed by atoms with van der Waals surface area (Å²) in [5.74, 6) is -0.433. The Hall–Kier alpha value is -3.03. The molecular formula is C23H17N3O2S2. The molecule has 0 aliphatic carbocycles. The number of amides is 2. The standard InChI is InChI=1S/C23H17N3O2S2/c27-20(24-16-10-9-14-5-1-2-6-15(14)11-16)12-19-23(28)26-22(30-19)13-21-25-17-7-3-4-8-18(17)29-21/h1-11,19H,12-13H2,(H,24,27)/t19-/m0/s1. The SMILES string of the molecule is O=C(C[C@@H]1SC(Cc2nc3ccccc3s2)=NC1=O)Nc1ccc2ccccc2c1. The summed E-state index contributed by atoms with van der Waals surface area (Å²) >= 11 is 2.98. The third-order valence-corrected chi connectivity index (χ3v) is 7.03. The molecule has 2 heterocycles. The number of hydrogen-bond donors (Lipinski definition) is 1. The molecule has 7 heteroatoms. The fraction of sp³-hybridized carbons (Fsp3) is 0.130. The van der Waals surface area contributed by atoms with E-state index < -0.39 is 5.25 Å². The van der Waals surface area contributed by atoms with Gasteiger partial charge in [-0.2, -0.15) is 0 Å². The average molecular weight is 432 g/mol. The number of hydrogen-bond acceptors (Lipinski definition) is 5. The van der Waals surface area contributed by atoms with E-state index in [2.05, 4.69) is 15.3 Å². The van der Waals surface area contributed by atoms with Crippen LogP contribution in [0, 0.1) is 0 Å². The van der Waals surface area contributed by atoms with Crippen LogP contribution in [0.1, 0.15) is 11.4 Å². The number of thiazole rings is 1. The summed E-state index contributed by atoms with van der Waals surface area (Å²) in [4.78, 5) is 33.6. The van der Waals surface area contributed by atoms with Crippen molar-refractivity contribution in [2.75, 3.05) is 5.32 Å². The number of carbonyl (C=O) groups is 2. The van der Waals surface area contributed by atoms with Gasteiger partial charge >= 0.3 is 0 Å². The highest BCUT2D eigenvalue weighted by Crippen LogP contribution is 2.30. The lowest BCUT2D eigenvalue weighted by Gasteiger charge is -2.09. The number of thioether (sulfide) groups is 1. The summed E-state index contributed by atoms with van der Waals surface area (Å²) in [6.07, 6.45) is 0.627. The van der Waals surface area contributed by atoms with Crippen molar-refractivity contribution in [3.63, 3.8) is 0 Å². The van der Waals surface area contributed by atoms with E-state index in [-0.39, 0.29) is 18.2 Å². The van der Waals surface area contributed by atoms with E-state index in [1.807, 2.05) is 66.7 Å². The number of aliphatic imine (C=N–C) groups is 1. The van der Waals surface area contributed by atoms with Gasteiger partial charge in [-0.05, 0) is 35.0 Å². The molecule has 0 fully saturated rings. The molecule has 0 radical (unpaired) electrons. The molecule has 0 saturated heterocycles. The largest absolute Gasteiger partial charge is 0.326 e. The minimum Gasteiger partial charge on any atom is -0.326 e. The highest BCUT2D eigenvalue weighted by atomic mass is 32.2. The Morgan fingerprint density at radius 2 is 1.80 bits per heavy atom. The van der Waals surface area contributed by atoms with Crippen LogP contribution in [0.15, 0.2) is 71.7 Å². The highest BCUT2D eigenvalue weighted by Gasteiger charge is 2.30. The normalized spacial score (nSPS) is 16.2. The van der Waals surface area contributed by atoms with Gasteiger partial charge in [0.05, 0.1) is 15.3 Å². The Labute approximate surface area is 181 Å². The molecule has 1 N–H and O–H groups in total. The van der Waals surface area contributed by atoms with Gasteiger partial charge in [-0.25, -0.2) is 9.98 Å². The molecule has 0 bridgehead atoms. The summed E-state index contributed by atoms with van der Waals surface area (Å²) in [5.41, 5.74) is 1.68. The molecule has 1 aliphatic heterocycles. The van der Waals surface area contributed by atoms with Crippen molar-refractivity contribution in [1.82, 2.24) is 4.98 Å². The van der Waals surface area contributed by atoms with Crippen LogP contribution in [-0.2, 0) is 16.0 Å². The summed E-state index contributed by atoms with van der Waals surface area (Å²) < 4.78 is 1.12. The van der Waals surface area contributed by atoms with Gasteiger partial charge in [0, 0.05) is 18.5 Å². The zero-order valence-electron chi connectivity index (χ0n) is 15.9. The first-order valence-electron chi connectivity index (χ1n) is 9.55. The fourth-order valence-corrected chi connectivity index (χ4v) is 5.56. The second kappa shape index (κ2) is 8.01. The second-order valence-corrected chi connectivity index (χ2v) is 9.41. The maximum Gasteiger partial charge on any atom is 0.260 e. The molecular weight excluding hydrogens is 414 g/mol. The van der Waals surface area contributed by atoms with Gasteiger partial charge in [0.1, 0.15) is 10.3 Å². The van der Waals surface area contributed by atoms with Crippen LogP contribution in [0.4, 0.5) is 5.69 Å². The van der Waals surface area contributed by atoms with Gasteiger partial charge in [0.25, 0.3) is 5.91 Å². The molecule has 0 saturated carbocycles. The van der Waals surface area contributed by atoms with Gasteiger partial charge in [-0.1, -0.05) is 54.2 Å². The van der Waals surface area contributed by atoms with E-state index in [4.69, 9.17) is 0 Å². The number of aromatic nitrogens is 1. The first-order valence-corrected chi connectivity index (χ1v) is 11.2. The molecule has 3 aromatic carbocycles. The lowest BCUT2D eigenvalue weighted by atomic mass is 10.1. The summed E-state index contributed by atoms with van der Waals surface area (Å²) in [5, 5.41) is 6.25. The van der Waals surface area contributed by atoms with Crippen LogP contribution in [0.5, 0.6) is 0 Å². The quantitative estimate of drug-likeness (QED) is 0.479. The van der Waals surface area contributed by atoms with Crippen molar-refractivity contribution in [1.29, 1.82) is 0 Å². The van der Waals surface area contributed by atoms with Gasteiger partial charge < -0.3 is 5.32 Å². The molecule has 1 atom stereocenters. The van der Waals surface area contributed by atoms with Crippen molar-refractivity contribution < 1.29 is 9.59 Å². The summed E-state index contributed by atoms with van der Waals surface area (Å²) in [6, 6.07) is 21.7. The van der Waals surface area contributed by atoms with Gasteiger partial charge in [-0.3, -0.25) is 9.59 Å². The van der Waals surface area contributed by atoms with Crippen molar-refractivity contribution in [3.05, 3.63) is 71.7 Å². The lowest BCUT2D eigenvalue weighted by Crippen LogP contribution is -2.21. The van der Waals surface area contributed by atoms with E-state index in [0.29, 0.717) is 6.42 Å². The third-order valence-electron chi connectivity index (χ3n) is 4.83. The average Bonchev–Trinajstić information content (AvgIpc) is 3.30. The predicted octanol–water partition coefficient (Wildman–Crippen LogP) is 5.06. The van der Waals surface area contributed by atoms with Crippen LogP contribution in [0.3, 0.4) is 0 Å². The number of fused-ring (bicyclic) bond motifs is 2. The Bertz CT molecular complexity index is 1280. The molecule has 4 aromatic rings. The lowest BCUT2D eigenvalue weighted by molar-refractivity contribution is -0.121. The number of nitrogens with zero attached hydrogens (tertiary/aromatic N) is 2. The first kappa shape index (κ1) is 19.0. The van der Waals surface area contributed by atoms with Crippen molar-refractivity contribution in [3.8, 4) is 0 Å². The zero-order valence-corrected chi connectivity index (χ0v) is 17.5. The van der Waals surface area contributed by atoms with Crippen molar-refractivity contribution in [2.45, 2.75) is 18.1 Å². The molecule has 2 amide bonds. The Kier molecular flexibility index (Phi) is 5.06. The molecule has 0 unspecified atom stereocenters. The minimum atomic E-state index is -0.477. The van der Waals surface area contributed by atoms with E-state index in [1.54, 1.807) is 11.3 Å². The molecule has 5 nitrogen and oxygen atoms in total. The number of para-hydroxylation sites is 1. The number of rotatable bonds is 5. The van der Waals surface area contributed by atoms with Crippen LogP contribution in [0.2, 0.25) is 0 Å². The Morgan fingerprint density at radius 1 is 1.00 bits per heavy atom. The topological polar surface area (TPSA) is 71.4 Å². The molecule has 1 aromatic heterocycles. The molecule has 1 aliphatic rings. The second-order valence-electron chi connectivity index (χ2n) is 7.02. The number of carbonyl (C=O) groups excluding carboxylic acids is 2. The van der Waals surface area contributed by atoms with Crippen molar-refractivity contribution >= 4 is 66.6 Å². The maximum absolute atomic E-state index is 12.5. The van der Waals surface area contributed by atoms with Gasteiger partial charge in [-0.15, -0.1) is 11.3 Å². The third kappa shape index (κ3) is 3.99. The molecule has 5 rings (SSSR count). The van der Waals surface area contributed by atoms with Gasteiger partial charge in [0.15, 0.2) is 0 Å². The van der Waals surface area contributed by atoms with Crippen molar-refractivity contribution in [2.24, 2.45) is 4.99 Å². The number of benzene rings is 3. The first-order chi connectivity index (χ1) is 14.6. The fourth-order valence-electron chi connectivity index (χ4n) is 3.42. The smallest absolute Gasteiger partial charge is 0.260 e. The zero-order chi connectivity index (χ0) is 20.5. The number of nitrogens with one attached hydrogen (secondary N) is 1. The predicted molar refractivity (Wildman–Crippen MR) is 124 cm³/mol. The van der Waals surface area contributed by atoms with Crippen LogP contribution >= 0.6 is 23.1 Å². The van der Waals surface area contributed by atoms with E-state index in [0.717, 1.165) is 36.7 Å². The van der Waals surface area contributed by atoms with E-state index in [1.165, 1.54) is 11.8 Å². The van der Waals surface area contributed by atoms with E-state index in [9.17, 15) is 9.59 Å². The monoisotopic (exact) mass is 431 g/mol. The Balaban J connectivity index is 1.21. The highest BCUT2D eigenvalue weighted by molar-refractivity contribution is 8.15. The molecule has 148 valence electrons. The molecule has 30 heavy (non-hydrogen) atoms. The van der Waals surface area contributed by atoms with Gasteiger partial charge in [0.2, 0.25) is 5.91 Å². The Morgan fingerprint density at radius 3 is 2.67 bits per heavy atom. The minimum absolute atomic E-state index is 0.100. The maximum atomic E-state index is 12.5.